The van der Waals surface area contributed by atoms with E-state index in [-0.39, 0.29) is 0 Å². The Balaban J connectivity index is 2.93. The summed E-state index contributed by atoms with van der Waals surface area (Å²) in [6.45, 7) is 3.88. The summed E-state index contributed by atoms with van der Waals surface area (Å²) in [6, 6.07) is 7.40. The molecular weight excluding hydrogens is 184 g/mol. The van der Waals surface area contributed by atoms with Gasteiger partial charge in [0.25, 0.3) is 0 Å². The van der Waals surface area contributed by atoms with Gasteiger partial charge in [-0.2, -0.15) is 0 Å². The molecule has 1 rings (SSSR count). The lowest BCUT2D eigenvalue weighted by molar-refractivity contribution is 0.0470. The molecule has 0 aromatic heterocycles. The summed E-state index contributed by atoms with van der Waals surface area (Å²) in [5, 5.41) is 10.7. The first-order valence-corrected chi connectivity index (χ1v) is 4.92. The van der Waals surface area contributed by atoms with Crippen molar-refractivity contribution in [3.63, 3.8) is 0 Å². The Morgan fingerprint density at radius 2 is 2.15 bits per heavy atom. The van der Waals surface area contributed by atoms with Gasteiger partial charge in [0.2, 0.25) is 0 Å². The van der Waals surface area contributed by atoms with Crippen molar-refractivity contribution in [1.82, 2.24) is 0 Å². The van der Waals surface area contributed by atoms with Gasteiger partial charge in [0.15, 0.2) is 0 Å². The van der Waals surface area contributed by atoms with Crippen LogP contribution in [0.25, 0.3) is 0 Å². The van der Waals surface area contributed by atoms with Crippen molar-refractivity contribution in [2.75, 3.05) is 0 Å². The highest BCUT2D eigenvalue weighted by atomic mass is 35.5. The lowest BCUT2D eigenvalue weighted by Gasteiger charge is -2.23. The van der Waals surface area contributed by atoms with Crippen LogP contribution in [0.2, 0.25) is 5.02 Å². The van der Waals surface area contributed by atoms with Crippen LogP contribution in [0, 0.1) is 0 Å². The van der Waals surface area contributed by atoms with E-state index in [0.717, 1.165) is 18.4 Å². The summed E-state index contributed by atoms with van der Waals surface area (Å²) in [6.07, 6.45) is 1.72. The zero-order valence-electron chi connectivity index (χ0n) is 8.05. The molecule has 0 saturated carbocycles. The largest absolute Gasteiger partial charge is 0.385 e. The Kier molecular flexibility index (Phi) is 3.34. The van der Waals surface area contributed by atoms with Crippen molar-refractivity contribution >= 4 is 11.6 Å². The second kappa shape index (κ2) is 4.12. The van der Waals surface area contributed by atoms with Gasteiger partial charge >= 0.3 is 0 Å². The first-order valence-electron chi connectivity index (χ1n) is 4.54. The molecule has 1 N–H and O–H groups in total. The minimum absolute atomic E-state index is 0.675. The molecule has 0 aliphatic heterocycles. The normalized spacial score (nSPS) is 15.4. The van der Waals surface area contributed by atoms with Gasteiger partial charge in [0.05, 0.1) is 5.60 Å². The van der Waals surface area contributed by atoms with Crippen LogP contribution in [0.3, 0.4) is 0 Å². The average molecular weight is 199 g/mol. The van der Waals surface area contributed by atoms with E-state index < -0.39 is 5.60 Å². The number of halogens is 1. The lowest BCUT2D eigenvalue weighted by atomic mass is 9.92. The summed E-state index contributed by atoms with van der Waals surface area (Å²) < 4.78 is 0. The van der Waals surface area contributed by atoms with Gasteiger partial charge in [-0.25, -0.2) is 0 Å². The maximum Gasteiger partial charge on any atom is 0.0869 e. The van der Waals surface area contributed by atoms with Crippen molar-refractivity contribution in [1.29, 1.82) is 0 Å². The van der Waals surface area contributed by atoms with E-state index in [4.69, 9.17) is 11.6 Å². The summed E-state index contributed by atoms with van der Waals surface area (Å²) >= 11 is 5.84. The molecule has 1 aromatic carbocycles. The van der Waals surface area contributed by atoms with Crippen LogP contribution in [0.1, 0.15) is 32.3 Å². The first-order chi connectivity index (χ1) is 6.06. The third kappa shape index (κ3) is 2.71. The molecule has 2 heteroatoms. The van der Waals surface area contributed by atoms with Crippen molar-refractivity contribution in [2.24, 2.45) is 0 Å². The van der Waals surface area contributed by atoms with Gasteiger partial charge in [0, 0.05) is 5.02 Å². The van der Waals surface area contributed by atoms with E-state index >= 15 is 0 Å². The highest BCUT2D eigenvalue weighted by molar-refractivity contribution is 6.30. The van der Waals surface area contributed by atoms with Crippen LogP contribution < -0.4 is 0 Å². The van der Waals surface area contributed by atoms with Crippen LogP contribution >= 0.6 is 11.6 Å². The van der Waals surface area contributed by atoms with E-state index in [2.05, 4.69) is 6.92 Å². The molecule has 1 nitrogen and oxygen atoms in total. The minimum Gasteiger partial charge on any atom is -0.385 e. The van der Waals surface area contributed by atoms with Crippen LogP contribution in [0.5, 0.6) is 0 Å². The molecule has 1 atom stereocenters. The molecule has 1 aromatic rings. The van der Waals surface area contributed by atoms with Crippen LogP contribution in [-0.2, 0) is 5.60 Å². The molecule has 0 bridgehead atoms. The molecule has 13 heavy (non-hydrogen) atoms. The molecular formula is C11H15ClO. The maximum absolute atomic E-state index is 10.1. The first kappa shape index (κ1) is 10.6. The van der Waals surface area contributed by atoms with Crippen LogP contribution in [-0.4, -0.2) is 5.11 Å². The molecule has 0 heterocycles. The summed E-state index contributed by atoms with van der Waals surface area (Å²) in [5.74, 6) is 0. The second-order valence-electron chi connectivity index (χ2n) is 3.53. The standard InChI is InChI=1S/C11H15ClO/c1-3-7-11(2,13)9-5-4-6-10(12)8-9/h4-6,8,13H,3,7H2,1-2H3/t11-/m0/s1. The van der Waals surface area contributed by atoms with Gasteiger partial charge in [-0.05, 0) is 31.0 Å². The fourth-order valence-corrected chi connectivity index (χ4v) is 1.64. The van der Waals surface area contributed by atoms with Crippen LogP contribution in [0.15, 0.2) is 24.3 Å². The fourth-order valence-electron chi connectivity index (χ4n) is 1.45. The smallest absolute Gasteiger partial charge is 0.0869 e. The molecule has 0 aliphatic rings. The topological polar surface area (TPSA) is 20.2 Å². The third-order valence-electron chi connectivity index (χ3n) is 2.18. The van der Waals surface area contributed by atoms with E-state index in [1.165, 1.54) is 0 Å². The maximum atomic E-state index is 10.1. The van der Waals surface area contributed by atoms with Gasteiger partial charge in [-0.15, -0.1) is 0 Å². The van der Waals surface area contributed by atoms with E-state index in [1.807, 2.05) is 31.2 Å². The number of hydrogen-bond donors (Lipinski definition) is 1. The van der Waals surface area contributed by atoms with Crippen LogP contribution in [0.4, 0.5) is 0 Å². The highest BCUT2D eigenvalue weighted by Crippen LogP contribution is 2.27. The van der Waals surface area contributed by atoms with Gasteiger partial charge in [0.1, 0.15) is 0 Å². The average Bonchev–Trinajstić information content (AvgIpc) is 2.04. The van der Waals surface area contributed by atoms with Crippen molar-refractivity contribution in [2.45, 2.75) is 32.3 Å². The Labute approximate surface area is 84.4 Å². The molecule has 0 saturated heterocycles. The predicted molar refractivity (Wildman–Crippen MR) is 55.9 cm³/mol. The molecule has 0 unspecified atom stereocenters. The van der Waals surface area contributed by atoms with Gasteiger partial charge in [-0.3, -0.25) is 0 Å². The zero-order valence-corrected chi connectivity index (χ0v) is 8.80. The molecule has 0 amide bonds. The fraction of sp³-hybridized carbons (Fsp3) is 0.455. The number of rotatable bonds is 3. The highest BCUT2D eigenvalue weighted by Gasteiger charge is 2.21. The summed E-state index contributed by atoms with van der Waals surface area (Å²) in [7, 11) is 0. The van der Waals surface area contributed by atoms with E-state index in [9.17, 15) is 5.11 Å². The Morgan fingerprint density at radius 3 is 2.69 bits per heavy atom. The number of hydrogen-bond acceptors (Lipinski definition) is 1. The minimum atomic E-state index is -0.750. The molecule has 72 valence electrons. The Hall–Kier alpha value is -0.530. The number of benzene rings is 1. The third-order valence-corrected chi connectivity index (χ3v) is 2.42. The quantitative estimate of drug-likeness (QED) is 0.790. The molecule has 0 spiro atoms. The Morgan fingerprint density at radius 1 is 1.46 bits per heavy atom. The zero-order chi connectivity index (χ0) is 9.90. The van der Waals surface area contributed by atoms with Gasteiger partial charge in [-0.1, -0.05) is 37.1 Å². The van der Waals surface area contributed by atoms with Gasteiger partial charge < -0.3 is 5.11 Å². The van der Waals surface area contributed by atoms with Crippen molar-refractivity contribution in [3.8, 4) is 0 Å². The molecule has 0 radical (unpaired) electrons. The molecule has 0 aliphatic carbocycles. The second-order valence-corrected chi connectivity index (χ2v) is 3.97. The predicted octanol–water partition coefficient (Wildman–Crippen LogP) is 3.35. The summed E-state index contributed by atoms with van der Waals surface area (Å²) in [5.41, 5.74) is 0.140. The SMILES string of the molecule is CCC[C@](C)(O)c1cccc(Cl)c1. The lowest BCUT2D eigenvalue weighted by Crippen LogP contribution is -2.20. The van der Waals surface area contributed by atoms with E-state index in [1.54, 1.807) is 0 Å². The van der Waals surface area contributed by atoms with E-state index in [0.29, 0.717) is 5.02 Å². The Bertz CT molecular complexity index is 281. The van der Waals surface area contributed by atoms with Crippen molar-refractivity contribution in [3.05, 3.63) is 34.9 Å². The monoisotopic (exact) mass is 198 g/mol. The number of aliphatic hydroxyl groups is 1. The molecule has 0 fully saturated rings. The summed E-state index contributed by atoms with van der Waals surface area (Å²) in [4.78, 5) is 0. The van der Waals surface area contributed by atoms with Crippen molar-refractivity contribution < 1.29 is 5.11 Å².